The summed E-state index contributed by atoms with van der Waals surface area (Å²) < 4.78 is 21.7. The van der Waals surface area contributed by atoms with Crippen LogP contribution in [0.3, 0.4) is 0 Å². The molecule has 9 heteroatoms. The molecule has 0 saturated heterocycles. The first-order valence-electron chi connectivity index (χ1n) is 6.26. The second-order valence-corrected chi connectivity index (χ2v) is 7.81. The molecule has 0 aromatic rings. The van der Waals surface area contributed by atoms with Crippen LogP contribution in [0.25, 0.3) is 0 Å². The fourth-order valence-electron chi connectivity index (χ4n) is 1.15. The van der Waals surface area contributed by atoms with Crippen molar-refractivity contribution in [2.45, 2.75) is 52.9 Å². The van der Waals surface area contributed by atoms with Crippen molar-refractivity contribution in [1.29, 1.82) is 0 Å². The Hall–Kier alpha value is -0.620. The average Bonchev–Trinajstić information content (AvgIpc) is 2.24. The third-order valence-electron chi connectivity index (χ3n) is 1.86. The largest absolute Gasteiger partial charge is 0.462 e. The molecular formula is C11H22ClN2O5P. The minimum Gasteiger partial charge on any atom is -0.462 e. The summed E-state index contributed by atoms with van der Waals surface area (Å²) in [6.07, 6.45) is -0.553. The maximum Gasteiger partial charge on any atom is 0.323 e. The molecule has 0 spiro atoms. The van der Waals surface area contributed by atoms with E-state index < -0.39 is 24.8 Å². The van der Waals surface area contributed by atoms with Crippen LogP contribution in [-0.2, 0) is 23.6 Å². The standard InChI is InChI=1S/C11H22ClN2O5P/c1-7(2)18-10(15)6-13-20(12,17)14-9(5)11(16)19-8(3)4/h7-9H,6H2,1-5H3,(H2,13,14,17)/t9-,20?/m0/s1. The van der Waals surface area contributed by atoms with E-state index in [1.165, 1.54) is 6.92 Å². The van der Waals surface area contributed by atoms with Crippen molar-refractivity contribution < 1.29 is 23.6 Å². The smallest absolute Gasteiger partial charge is 0.323 e. The Morgan fingerprint density at radius 1 is 1.10 bits per heavy atom. The molecule has 7 nitrogen and oxygen atoms in total. The fourth-order valence-corrected chi connectivity index (χ4v) is 2.80. The highest BCUT2D eigenvalue weighted by Crippen LogP contribution is 2.42. The van der Waals surface area contributed by atoms with Crippen molar-refractivity contribution in [2.75, 3.05) is 6.54 Å². The topological polar surface area (TPSA) is 93.7 Å². The van der Waals surface area contributed by atoms with Gasteiger partial charge in [0.25, 0.3) is 0 Å². The van der Waals surface area contributed by atoms with Crippen LogP contribution in [0, 0.1) is 0 Å². The van der Waals surface area contributed by atoms with Gasteiger partial charge >= 0.3 is 18.7 Å². The maximum absolute atomic E-state index is 11.9. The van der Waals surface area contributed by atoms with E-state index in [0.29, 0.717) is 0 Å². The summed E-state index contributed by atoms with van der Waals surface area (Å²) in [5, 5.41) is 4.73. The van der Waals surface area contributed by atoms with Gasteiger partial charge in [-0.15, -0.1) is 0 Å². The zero-order valence-electron chi connectivity index (χ0n) is 12.3. The Labute approximate surface area is 124 Å². The summed E-state index contributed by atoms with van der Waals surface area (Å²) in [5.74, 6) is -1.16. The summed E-state index contributed by atoms with van der Waals surface area (Å²) in [6.45, 7) is 4.36. The van der Waals surface area contributed by atoms with E-state index in [0.717, 1.165) is 0 Å². The molecule has 0 bridgehead atoms. The molecule has 0 amide bonds. The predicted octanol–water partition coefficient (Wildman–Crippen LogP) is 1.80. The molecule has 0 rings (SSSR count). The quantitative estimate of drug-likeness (QED) is 0.518. The van der Waals surface area contributed by atoms with Crippen LogP contribution in [0.2, 0.25) is 0 Å². The molecule has 0 fully saturated rings. The van der Waals surface area contributed by atoms with Gasteiger partial charge in [-0.3, -0.25) is 14.2 Å². The number of carbonyl (C=O) groups is 2. The molecule has 0 radical (unpaired) electrons. The molecule has 20 heavy (non-hydrogen) atoms. The number of halogens is 1. The molecule has 2 N–H and O–H groups in total. The number of hydrogen-bond donors (Lipinski definition) is 2. The summed E-state index contributed by atoms with van der Waals surface area (Å²) in [4.78, 5) is 22.8. The lowest BCUT2D eigenvalue weighted by Gasteiger charge is -2.19. The summed E-state index contributed by atoms with van der Waals surface area (Å²) >= 11 is 5.71. The number of ether oxygens (including phenoxy) is 2. The number of carbonyl (C=O) groups excluding carboxylic acids is 2. The van der Waals surface area contributed by atoms with E-state index in [9.17, 15) is 14.2 Å². The summed E-state index contributed by atoms with van der Waals surface area (Å²) in [5.41, 5.74) is 0. The van der Waals surface area contributed by atoms with E-state index in [4.69, 9.17) is 20.7 Å². The lowest BCUT2D eigenvalue weighted by Crippen LogP contribution is -2.37. The van der Waals surface area contributed by atoms with Crippen LogP contribution in [0.5, 0.6) is 0 Å². The van der Waals surface area contributed by atoms with Gasteiger partial charge in [-0.2, -0.15) is 0 Å². The lowest BCUT2D eigenvalue weighted by molar-refractivity contribution is -0.149. The molecule has 0 aromatic carbocycles. The van der Waals surface area contributed by atoms with Crippen molar-refractivity contribution in [2.24, 2.45) is 0 Å². The number of rotatable bonds is 8. The van der Waals surface area contributed by atoms with Gasteiger partial charge in [-0.05, 0) is 45.9 Å². The van der Waals surface area contributed by atoms with Crippen molar-refractivity contribution in [3.63, 3.8) is 0 Å². The van der Waals surface area contributed by atoms with Crippen molar-refractivity contribution >= 4 is 30.0 Å². The SMILES string of the molecule is CC(C)OC(=O)CNP(=O)(Cl)N[C@@H](C)C(=O)OC(C)C. The minimum atomic E-state index is -3.57. The Morgan fingerprint density at radius 2 is 1.60 bits per heavy atom. The molecule has 0 aromatic heterocycles. The second kappa shape index (κ2) is 8.62. The Bertz CT molecular complexity index is 389. The van der Waals surface area contributed by atoms with Gasteiger partial charge in [0.15, 0.2) is 0 Å². The van der Waals surface area contributed by atoms with Gasteiger partial charge in [0, 0.05) is 0 Å². The molecule has 0 aliphatic heterocycles. The summed E-state index contributed by atoms with van der Waals surface area (Å²) in [6, 6.07) is -0.866. The molecule has 1 unspecified atom stereocenters. The van der Waals surface area contributed by atoms with Crippen LogP contribution < -0.4 is 10.2 Å². The predicted molar refractivity (Wildman–Crippen MR) is 76.5 cm³/mol. The monoisotopic (exact) mass is 328 g/mol. The maximum atomic E-state index is 11.9. The molecule has 0 aliphatic rings. The minimum absolute atomic E-state index is 0.271. The van der Waals surface area contributed by atoms with Crippen LogP contribution in [-0.4, -0.2) is 36.7 Å². The molecule has 0 heterocycles. The molecule has 0 saturated carbocycles. The first-order valence-corrected chi connectivity index (χ1v) is 8.87. The Morgan fingerprint density at radius 3 is 2.05 bits per heavy atom. The van der Waals surface area contributed by atoms with Crippen molar-refractivity contribution in [3.05, 3.63) is 0 Å². The number of esters is 2. The van der Waals surface area contributed by atoms with Gasteiger partial charge in [-0.1, -0.05) is 0 Å². The van der Waals surface area contributed by atoms with Crippen molar-refractivity contribution in [1.82, 2.24) is 10.2 Å². The zero-order valence-corrected chi connectivity index (χ0v) is 14.0. The third-order valence-corrected chi connectivity index (χ3v) is 3.79. The van der Waals surface area contributed by atoms with Crippen LogP contribution >= 0.6 is 18.0 Å². The highest BCUT2D eigenvalue weighted by molar-refractivity contribution is 7.86. The Kier molecular flexibility index (Phi) is 8.35. The van der Waals surface area contributed by atoms with Gasteiger partial charge in [0.05, 0.1) is 12.2 Å². The third kappa shape index (κ3) is 9.31. The lowest BCUT2D eigenvalue weighted by atomic mass is 10.4. The van der Waals surface area contributed by atoms with Gasteiger partial charge in [-0.25, -0.2) is 10.2 Å². The van der Waals surface area contributed by atoms with Gasteiger partial charge < -0.3 is 9.47 Å². The van der Waals surface area contributed by atoms with Crippen LogP contribution in [0.4, 0.5) is 0 Å². The first-order chi connectivity index (χ1) is 9.03. The van der Waals surface area contributed by atoms with Gasteiger partial charge in [0.2, 0.25) is 0 Å². The van der Waals surface area contributed by atoms with E-state index >= 15 is 0 Å². The van der Waals surface area contributed by atoms with E-state index in [-0.39, 0.29) is 18.8 Å². The zero-order chi connectivity index (χ0) is 15.9. The second-order valence-electron chi connectivity index (χ2n) is 4.74. The van der Waals surface area contributed by atoms with Crippen molar-refractivity contribution in [3.8, 4) is 0 Å². The molecular weight excluding hydrogens is 307 g/mol. The van der Waals surface area contributed by atoms with E-state index in [1.54, 1.807) is 27.7 Å². The first kappa shape index (κ1) is 19.4. The molecule has 0 aliphatic carbocycles. The highest BCUT2D eigenvalue weighted by atomic mass is 35.7. The average molecular weight is 329 g/mol. The summed E-state index contributed by atoms with van der Waals surface area (Å²) in [7, 11) is 0. The molecule has 118 valence electrons. The normalized spacial score (nSPS) is 15.8. The van der Waals surface area contributed by atoms with E-state index in [2.05, 4.69) is 10.2 Å². The highest BCUT2D eigenvalue weighted by Gasteiger charge is 2.26. The van der Waals surface area contributed by atoms with Gasteiger partial charge in [0.1, 0.15) is 12.6 Å². The van der Waals surface area contributed by atoms with Crippen LogP contribution in [0.1, 0.15) is 34.6 Å². The van der Waals surface area contributed by atoms with Crippen LogP contribution in [0.15, 0.2) is 0 Å². The fraction of sp³-hybridized carbons (Fsp3) is 0.818. The van der Waals surface area contributed by atoms with E-state index in [1.807, 2.05) is 0 Å². The number of hydrogen-bond acceptors (Lipinski definition) is 5. The molecule has 2 atom stereocenters. The Balaban J connectivity index is 4.27. The number of nitrogens with one attached hydrogen (secondary N) is 2.